The first-order chi connectivity index (χ1) is 17.2. The van der Waals surface area contributed by atoms with Gasteiger partial charge in [0.15, 0.2) is 0 Å². The van der Waals surface area contributed by atoms with Crippen LogP contribution >= 0.6 is 0 Å². The van der Waals surface area contributed by atoms with Crippen LogP contribution in [0.15, 0.2) is 36.4 Å². The molecule has 0 bridgehead atoms. The molecule has 3 aromatic rings. The van der Waals surface area contributed by atoms with Gasteiger partial charge >= 0.3 is 0 Å². The Hall–Kier alpha value is -4.47. The molecule has 5 amide bonds. The number of aromatic amines is 1. The first-order valence-corrected chi connectivity index (χ1v) is 11.8. The second-order valence-electron chi connectivity index (χ2n) is 9.00. The van der Waals surface area contributed by atoms with Gasteiger partial charge in [0.05, 0.1) is 0 Å². The van der Waals surface area contributed by atoms with Crippen molar-refractivity contribution in [3.05, 3.63) is 58.8 Å². The average molecular weight is 488 g/mol. The lowest BCUT2D eigenvalue weighted by atomic mass is 10.0. The van der Waals surface area contributed by atoms with Gasteiger partial charge in [-0.2, -0.15) is 0 Å². The summed E-state index contributed by atoms with van der Waals surface area (Å²) in [6.07, 6.45) is 1.08. The van der Waals surface area contributed by atoms with Crippen molar-refractivity contribution >= 4 is 51.8 Å². The van der Waals surface area contributed by atoms with Crippen molar-refractivity contribution in [1.29, 1.82) is 0 Å². The van der Waals surface area contributed by atoms with Crippen molar-refractivity contribution in [2.45, 2.75) is 45.7 Å². The van der Waals surface area contributed by atoms with Crippen LogP contribution in [0, 0.1) is 0 Å². The number of fused-ring (bicyclic) bond motifs is 2. The summed E-state index contributed by atoms with van der Waals surface area (Å²) in [4.78, 5) is 65.9. The number of aromatic nitrogens is 1. The lowest BCUT2D eigenvalue weighted by molar-refractivity contribution is -0.137. The predicted octanol–water partition coefficient (Wildman–Crippen LogP) is 2.70. The Morgan fingerprint density at radius 2 is 1.81 bits per heavy atom. The second kappa shape index (κ2) is 8.95. The summed E-state index contributed by atoms with van der Waals surface area (Å²) in [6, 6.07) is 9.78. The van der Waals surface area contributed by atoms with Crippen molar-refractivity contribution in [3.8, 4) is 0 Å². The molecule has 36 heavy (non-hydrogen) atoms. The molecule has 1 saturated heterocycles. The normalized spacial score (nSPS) is 17.2. The standard InChI is InChI=1S/C26H25N5O5/c1-3-17-19-11-16(27-13(2)32)5-7-20(19)29-23(17)25(35)28-15-4-6-18-14(10-15)12-31(26(18)36)21-8-9-22(33)30-24(21)34/h4-7,10-11,21,29H,3,8-9,12H2,1-2H3,(H,27,32)(H,28,35)(H,30,33,34). The molecule has 1 aromatic heterocycles. The number of amides is 5. The van der Waals surface area contributed by atoms with Gasteiger partial charge in [-0.1, -0.05) is 6.92 Å². The number of piperidine rings is 1. The van der Waals surface area contributed by atoms with Crippen molar-refractivity contribution < 1.29 is 24.0 Å². The molecule has 10 heteroatoms. The largest absolute Gasteiger partial charge is 0.350 e. The molecule has 2 aromatic carbocycles. The molecule has 1 fully saturated rings. The van der Waals surface area contributed by atoms with Crippen molar-refractivity contribution in [2.75, 3.05) is 10.6 Å². The Morgan fingerprint density at radius 3 is 2.53 bits per heavy atom. The predicted molar refractivity (Wildman–Crippen MR) is 132 cm³/mol. The summed E-state index contributed by atoms with van der Waals surface area (Å²) in [5, 5.41) is 8.81. The highest BCUT2D eigenvalue weighted by Crippen LogP contribution is 2.31. The highest BCUT2D eigenvalue weighted by atomic mass is 16.2. The number of benzene rings is 2. The van der Waals surface area contributed by atoms with E-state index in [2.05, 4.69) is 20.9 Å². The molecule has 0 spiro atoms. The number of nitrogens with one attached hydrogen (secondary N) is 4. The molecule has 1 unspecified atom stereocenters. The van der Waals surface area contributed by atoms with Crippen molar-refractivity contribution in [3.63, 3.8) is 0 Å². The Morgan fingerprint density at radius 1 is 1.06 bits per heavy atom. The van der Waals surface area contributed by atoms with Gasteiger partial charge in [0, 0.05) is 47.7 Å². The molecule has 10 nitrogen and oxygen atoms in total. The summed E-state index contributed by atoms with van der Waals surface area (Å²) in [5.74, 6) is -1.56. The number of hydrogen-bond donors (Lipinski definition) is 4. The maximum absolute atomic E-state index is 13.2. The van der Waals surface area contributed by atoms with Gasteiger partial charge in [0.1, 0.15) is 11.7 Å². The summed E-state index contributed by atoms with van der Waals surface area (Å²) in [6.45, 7) is 3.62. The summed E-state index contributed by atoms with van der Waals surface area (Å²) >= 11 is 0. The fourth-order valence-electron chi connectivity index (χ4n) is 4.94. The molecular weight excluding hydrogens is 462 g/mol. The van der Waals surface area contributed by atoms with Crippen molar-refractivity contribution in [2.24, 2.45) is 0 Å². The lowest BCUT2D eigenvalue weighted by Gasteiger charge is -2.29. The molecule has 184 valence electrons. The third kappa shape index (κ3) is 4.10. The Kier molecular flexibility index (Phi) is 5.79. The summed E-state index contributed by atoms with van der Waals surface area (Å²) < 4.78 is 0. The molecule has 3 heterocycles. The van der Waals surface area contributed by atoms with Crippen LogP contribution in [0.1, 0.15) is 58.7 Å². The van der Waals surface area contributed by atoms with E-state index in [0.717, 1.165) is 16.5 Å². The number of carbonyl (C=O) groups is 5. The first kappa shape index (κ1) is 23.3. The monoisotopic (exact) mass is 487 g/mol. The highest BCUT2D eigenvalue weighted by molar-refractivity contribution is 6.09. The Bertz CT molecular complexity index is 1460. The van der Waals surface area contributed by atoms with E-state index >= 15 is 0 Å². The molecule has 1 atom stereocenters. The molecular formula is C26H25N5O5. The zero-order valence-electron chi connectivity index (χ0n) is 19.9. The Balaban J connectivity index is 1.37. The molecule has 4 N–H and O–H groups in total. The van der Waals surface area contributed by atoms with Crippen LogP contribution in [-0.4, -0.2) is 45.5 Å². The molecule has 0 saturated carbocycles. The van der Waals surface area contributed by atoms with Gasteiger partial charge in [-0.05, 0) is 60.4 Å². The fourth-order valence-corrected chi connectivity index (χ4v) is 4.94. The maximum Gasteiger partial charge on any atom is 0.272 e. The van der Waals surface area contributed by atoms with E-state index < -0.39 is 11.9 Å². The number of rotatable bonds is 5. The molecule has 2 aliphatic heterocycles. The van der Waals surface area contributed by atoms with E-state index in [0.29, 0.717) is 34.6 Å². The molecule has 5 rings (SSSR count). The summed E-state index contributed by atoms with van der Waals surface area (Å²) in [7, 11) is 0. The number of carbonyl (C=O) groups excluding carboxylic acids is 5. The number of H-pyrrole nitrogens is 1. The summed E-state index contributed by atoms with van der Waals surface area (Å²) in [5.41, 5.74) is 4.39. The molecule has 2 aliphatic rings. The zero-order valence-corrected chi connectivity index (χ0v) is 19.9. The number of nitrogens with zero attached hydrogens (tertiary/aromatic N) is 1. The van der Waals surface area contributed by atoms with Gasteiger partial charge in [0.25, 0.3) is 11.8 Å². The minimum Gasteiger partial charge on any atom is -0.350 e. The van der Waals surface area contributed by atoms with E-state index in [1.54, 1.807) is 24.3 Å². The van der Waals surface area contributed by atoms with E-state index in [4.69, 9.17) is 0 Å². The van der Waals surface area contributed by atoms with E-state index in [1.807, 2.05) is 19.1 Å². The smallest absolute Gasteiger partial charge is 0.272 e. The fraction of sp³-hybridized carbons (Fsp3) is 0.269. The zero-order chi connectivity index (χ0) is 25.6. The second-order valence-corrected chi connectivity index (χ2v) is 9.00. The van der Waals surface area contributed by atoms with Crippen LogP contribution in [0.5, 0.6) is 0 Å². The number of imide groups is 1. The van der Waals surface area contributed by atoms with Crippen LogP contribution in [0.4, 0.5) is 11.4 Å². The van der Waals surface area contributed by atoms with E-state index in [9.17, 15) is 24.0 Å². The topological polar surface area (TPSA) is 140 Å². The SMILES string of the molecule is CCc1c(C(=O)Nc2ccc3c(c2)CN(C2CCC(=O)NC2=O)C3=O)[nH]c2ccc(NC(C)=O)cc12. The van der Waals surface area contributed by atoms with Crippen LogP contribution in [0.2, 0.25) is 0 Å². The minimum absolute atomic E-state index is 0.174. The molecule has 0 aliphatic carbocycles. The minimum atomic E-state index is -0.693. The Labute approximate surface area is 206 Å². The lowest BCUT2D eigenvalue weighted by Crippen LogP contribution is -2.52. The quantitative estimate of drug-likeness (QED) is 0.410. The van der Waals surface area contributed by atoms with Gasteiger partial charge in [0.2, 0.25) is 17.7 Å². The third-order valence-corrected chi connectivity index (χ3v) is 6.59. The van der Waals surface area contributed by atoms with Gasteiger partial charge in [-0.25, -0.2) is 0 Å². The van der Waals surface area contributed by atoms with Gasteiger partial charge in [-0.15, -0.1) is 0 Å². The van der Waals surface area contributed by atoms with E-state index in [1.165, 1.54) is 11.8 Å². The number of hydrogen-bond acceptors (Lipinski definition) is 5. The van der Waals surface area contributed by atoms with Crippen LogP contribution in [0.25, 0.3) is 10.9 Å². The first-order valence-electron chi connectivity index (χ1n) is 11.8. The van der Waals surface area contributed by atoms with Gasteiger partial charge < -0.3 is 20.5 Å². The van der Waals surface area contributed by atoms with Gasteiger partial charge in [-0.3, -0.25) is 29.3 Å². The van der Waals surface area contributed by atoms with Crippen LogP contribution in [-0.2, 0) is 27.3 Å². The van der Waals surface area contributed by atoms with Crippen molar-refractivity contribution in [1.82, 2.24) is 15.2 Å². The van der Waals surface area contributed by atoms with Crippen LogP contribution in [0.3, 0.4) is 0 Å². The third-order valence-electron chi connectivity index (χ3n) is 6.59. The number of aryl methyl sites for hydroxylation is 1. The maximum atomic E-state index is 13.2. The average Bonchev–Trinajstić information content (AvgIpc) is 3.35. The highest BCUT2D eigenvalue weighted by Gasteiger charge is 2.39. The molecule has 0 radical (unpaired) electrons. The van der Waals surface area contributed by atoms with E-state index in [-0.39, 0.29) is 43.0 Å². The van der Waals surface area contributed by atoms with Crippen LogP contribution < -0.4 is 16.0 Å². The number of anilines is 2.